The summed E-state index contributed by atoms with van der Waals surface area (Å²) in [5.41, 5.74) is 3.34. The molecule has 0 unspecified atom stereocenters. The molecule has 2 amide bonds. The van der Waals surface area contributed by atoms with E-state index in [4.69, 9.17) is 0 Å². The number of aromatic amines is 1. The third kappa shape index (κ3) is 3.56. The van der Waals surface area contributed by atoms with Gasteiger partial charge in [-0.1, -0.05) is 30.2 Å². The summed E-state index contributed by atoms with van der Waals surface area (Å²) in [4.78, 5) is 27.8. The first-order chi connectivity index (χ1) is 12.1. The smallest absolute Gasteiger partial charge is 0.298 e. The SMILES string of the molecule is CC#CC(=O)N1CCN(C(=O)c2cc(-c3ccccc3C)n[nH]2)CC1. The van der Waals surface area contributed by atoms with Crippen molar-refractivity contribution in [3.8, 4) is 23.1 Å². The summed E-state index contributed by atoms with van der Waals surface area (Å²) in [6.45, 7) is 5.64. The minimum absolute atomic E-state index is 0.0963. The first-order valence-electron chi connectivity index (χ1n) is 8.22. The van der Waals surface area contributed by atoms with Gasteiger partial charge in [0.2, 0.25) is 0 Å². The van der Waals surface area contributed by atoms with Crippen LogP contribution in [0.4, 0.5) is 0 Å². The standard InChI is InChI=1S/C19H20N4O2/c1-3-6-18(24)22-9-11-23(12-10-22)19(25)17-13-16(20-21-17)15-8-5-4-7-14(15)2/h4-5,7-8,13H,9-12H2,1-2H3,(H,20,21). The third-order valence-electron chi connectivity index (χ3n) is 4.32. The van der Waals surface area contributed by atoms with Crippen molar-refractivity contribution >= 4 is 11.8 Å². The molecule has 0 bridgehead atoms. The molecule has 1 aromatic carbocycles. The number of H-pyrrole nitrogens is 1. The normalized spacial score (nSPS) is 14.0. The number of nitrogens with one attached hydrogen (secondary N) is 1. The lowest BCUT2D eigenvalue weighted by atomic mass is 10.1. The van der Waals surface area contributed by atoms with Crippen molar-refractivity contribution in [1.29, 1.82) is 0 Å². The number of rotatable bonds is 2. The van der Waals surface area contributed by atoms with E-state index in [1.165, 1.54) is 0 Å². The predicted octanol–water partition coefficient (Wildman–Crippen LogP) is 1.69. The summed E-state index contributed by atoms with van der Waals surface area (Å²) in [5.74, 6) is 4.87. The zero-order valence-electron chi connectivity index (χ0n) is 14.4. The van der Waals surface area contributed by atoms with Crippen LogP contribution in [-0.4, -0.2) is 58.0 Å². The van der Waals surface area contributed by atoms with Crippen LogP contribution in [-0.2, 0) is 4.79 Å². The third-order valence-corrected chi connectivity index (χ3v) is 4.32. The number of benzene rings is 1. The molecule has 1 fully saturated rings. The zero-order chi connectivity index (χ0) is 17.8. The lowest BCUT2D eigenvalue weighted by Gasteiger charge is -2.33. The fourth-order valence-electron chi connectivity index (χ4n) is 2.90. The van der Waals surface area contributed by atoms with Crippen molar-refractivity contribution in [3.63, 3.8) is 0 Å². The maximum atomic E-state index is 12.7. The molecule has 2 aromatic rings. The first kappa shape index (κ1) is 16.8. The van der Waals surface area contributed by atoms with Gasteiger partial charge < -0.3 is 9.80 Å². The van der Waals surface area contributed by atoms with E-state index in [0.717, 1.165) is 16.8 Å². The Morgan fingerprint density at radius 2 is 1.80 bits per heavy atom. The van der Waals surface area contributed by atoms with Gasteiger partial charge in [0.25, 0.3) is 11.8 Å². The van der Waals surface area contributed by atoms with Crippen molar-refractivity contribution < 1.29 is 9.59 Å². The van der Waals surface area contributed by atoms with Crippen LogP contribution in [0.5, 0.6) is 0 Å². The number of amides is 2. The van der Waals surface area contributed by atoms with Crippen LogP contribution in [0, 0.1) is 18.8 Å². The molecule has 6 heteroatoms. The summed E-state index contributed by atoms with van der Waals surface area (Å²) < 4.78 is 0. The molecule has 1 N–H and O–H groups in total. The van der Waals surface area contributed by atoms with E-state index in [0.29, 0.717) is 31.9 Å². The van der Waals surface area contributed by atoms with Crippen LogP contribution in [0.3, 0.4) is 0 Å². The molecule has 1 aromatic heterocycles. The predicted molar refractivity (Wildman–Crippen MR) is 94.7 cm³/mol. The maximum Gasteiger partial charge on any atom is 0.298 e. The molecule has 1 saturated heterocycles. The van der Waals surface area contributed by atoms with Crippen LogP contribution < -0.4 is 0 Å². The summed E-state index contributed by atoms with van der Waals surface area (Å²) in [6.07, 6.45) is 0. The maximum absolute atomic E-state index is 12.7. The zero-order valence-corrected chi connectivity index (χ0v) is 14.4. The van der Waals surface area contributed by atoms with E-state index < -0.39 is 0 Å². The van der Waals surface area contributed by atoms with E-state index in [9.17, 15) is 9.59 Å². The molecular weight excluding hydrogens is 316 g/mol. The van der Waals surface area contributed by atoms with Gasteiger partial charge in [0.1, 0.15) is 5.69 Å². The average molecular weight is 336 g/mol. The molecule has 25 heavy (non-hydrogen) atoms. The van der Waals surface area contributed by atoms with Crippen LogP contribution >= 0.6 is 0 Å². The van der Waals surface area contributed by atoms with Gasteiger partial charge in [-0.2, -0.15) is 5.10 Å². The molecule has 128 valence electrons. The Morgan fingerprint density at radius 3 is 2.48 bits per heavy atom. The number of aryl methyl sites for hydroxylation is 1. The highest BCUT2D eigenvalue weighted by Gasteiger charge is 2.25. The van der Waals surface area contributed by atoms with Crippen LogP contribution in [0.25, 0.3) is 11.3 Å². The molecular formula is C19H20N4O2. The minimum Gasteiger partial charge on any atom is -0.334 e. The molecule has 6 nitrogen and oxygen atoms in total. The fourth-order valence-corrected chi connectivity index (χ4v) is 2.90. The van der Waals surface area contributed by atoms with Crippen molar-refractivity contribution in [1.82, 2.24) is 20.0 Å². The number of hydrogen-bond donors (Lipinski definition) is 1. The van der Waals surface area contributed by atoms with Gasteiger partial charge in [-0.25, -0.2) is 0 Å². The Kier molecular flexibility index (Phi) is 4.85. The van der Waals surface area contributed by atoms with Gasteiger partial charge in [-0.05, 0) is 31.4 Å². The molecule has 0 spiro atoms. The van der Waals surface area contributed by atoms with Crippen LogP contribution in [0.2, 0.25) is 0 Å². The number of carbonyl (C=O) groups excluding carboxylic acids is 2. The van der Waals surface area contributed by atoms with Gasteiger partial charge in [0, 0.05) is 31.7 Å². The first-order valence-corrected chi connectivity index (χ1v) is 8.22. The van der Waals surface area contributed by atoms with E-state index in [2.05, 4.69) is 22.0 Å². The highest BCUT2D eigenvalue weighted by atomic mass is 16.2. The van der Waals surface area contributed by atoms with Gasteiger partial charge in [-0.15, -0.1) is 0 Å². The Hall–Kier alpha value is -3.07. The number of carbonyl (C=O) groups is 2. The van der Waals surface area contributed by atoms with E-state index >= 15 is 0 Å². The van der Waals surface area contributed by atoms with Gasteiger partial charge in [-0.3, -0.25) is 14.7 Å². The van der Waals surface area contributed by atoms with Crippen LogP contribution in [0.15, 0.2) is 30.3 Å². The lowest BCUT2D eigenvalue weighted by molar-refractivity contribution is -0.126. The highest BCUT2D eigenvalue weighted by Crippen LogP contribution is 2.22. The summed E-state index contributed by atoms with van der Waals surface area (Å²) >= 11 is 0. The molecule has 3 rings (SSSR count). The molecule has 0 radical (unpaired) electrons. The van der Waals surface area contributed by atoms with Gasteiger partial charge in [0.15, 0.2) is 0 Å². The fraction of sp³-hybridized carbons (Fsp3) is 0.316. The highest BCUT2D eigenvalue weighted by molar-refractivity contribution is 5.95. The quantitative estimate of drug-likeness (QED) is 0.849. The van der Waals surface area contributed by atoms with Crippen molar-refractivity contribution in [2.45, 2.75) is 13.8 Å². The molecule has 1 aliphatic heterocycles. The van der Waals surface area contributed by atoms with E-state index in [-0.39, 0.29) is 11.8 Å². The Morgan fingerprint density at radius 1 is 1.12 bits per heavy atom. The second-order valence-electron chi connectivity index (χ2n) is 5.94. The van der Waals surface area contributed by atoms with E-state index in [1.807, 2.05) is 31.2 Å². The van der Waals surface area contributed by atoms with Crippen molar-refractivity contribution in [2.24, 2.45) is 0 Å². The number of piperazine rings is 1. The summed E-state index contributed by atoms with van der Waals surface area (Å²) in [5, 5.41) is 7.11. The Balaban J connectivity index is 1.68. The molecule has 0 saturated carbocycles. The van der Waals surface area contributed by atoms with Crippen LogP contribution in [0.1, 0.15) is 23.0 Å². The van der Waals surface area contributed by atoms with Gasteiger partial charge >= 0.3 is 0 Å². The molecule has 1 aliphatic rings. The summed E-state index contributed by atoms with van der Waals surface area (Å²) in [6, 6.07) is 9.71. The Labute approximate surface area is 146 Å². The topological polar surface area (TPSA) is 69.3 Å². The van der Waals surface area contributed by atoms with Crippen molar-refractivity contribution in [2.75, 3.05) is 26.2 Å². The molecule has 2 heterocycles. The molecule has 0 aliphatic carbocycles. The Bertz CT molecular complexity index is 852. The number of nitrogens with zero attached hydrogens (tertiary/aromatic N) is 3. The monoisotopic (exact) mass is 336 g/mol. The number of aromatic nitrogens is 2. The van der Waals surface area contributed by atoms with Gasteiger partial charge in [0.05, 0.1) is 5.69 Å². The minimum atomic E-state index is -0.182. The summed E-state index contributed by atoms with van der Waals surface area (Å²) in [7, 11) is 0. The lowest BCUT2D eigenvalue weighted by Crippen LogP contribution is -2.50. The van der Waals surface area contributed by atoms with Crippen molar-refractivity contribution in [3.05, 3.63) is 41.6 Å². The largest absolute Gasteiger partial charge is 0.334 e. The second kappa shape index (κ2) is 7.22. The molecule has 0 atom stereocenters. The van der Waals surface area contributed by atoms with E-state index in [1.54, 1.807) is 22.8 Å². The number of hydrogen-bond acceptors (Lipinski definition) is 3. The average Bonchev–Trinajstić information content (AvgIpc) is 3.11. The second-order valence-corrected chi connectivity index (χ2v) is 5.94.